The minimum Gasteiger partial charge on any atom is -0.504 e. The van der Waals surface area contributed by atoms with Crippen molar-refractivity contribution in [3.63, 3.8) is 0 Å². The van der Waals surface area contributed by atoms with E-state index in [1.165, 1.54) is 18.6 Å². The van der Waals surface area contributed by atoms with Crippen LogP contribution < -0.4 is 4.90 Å². The number of aromatic nitrogens is 1. The number of anilines is 1. The van der Waals surface area contributed by atoms with Crippen LogP contribution in [0, 0.1) is 0 Å². The predicted octanol–water partition coefficient (Wildman–Crippen LogP) is 4.26. The van der Waals surface area contributed by atoms with Gasteiger partial charge in [-0.25, -0.2) is 4.98 Å². The summed E-state index contributed by atoms with van der Waals surface area (Å²) >= 11 is 0. The molecule has 1 heterocycles. The van der Waals surface area contributed by atoms with Gasteiger partial charge in [-0.3, -0.25) is 9.69 Å². The number of hydrogen-bond donors (Lipinski definition) is 2. The third-order valence-electron chi connectivity index (χ3n) is 4.86. The molecule has 5 heteroatoms. The van der Waals surface area contributed by atoms with Gasteiger partial charge in [-0.15, -0.1) is 0 Å². The summed E-state index contributed by atoms with van der Waals surface area (Å²) in [6.45, 7) is 1.80. The molecule has 1 fully saturated rings. The molecule has 0 spiro atoms. The second-order valence-corrected chi connectivity index (χ2v) is 6.56. The van der Waals surface area contributed by atoms with Crippen LogP contribution in [0.25, 0.3) is 5.57 Å². The number of carbonyl (C=O) groups excluding carboxylic acids is 1. The third-order valence-corrected chi connectivity index (χ3v) is 4.86. The van der Waals surface area contributed by atoms with Crippen LogP contribution in [0.15, 0.2) is 48.7 Å². The molecule has 2 N–H and O–H groups in total. The van der Waals surface area contributed by atoms with Gasteiger partial charge < -0.3 is 10.2 Å². The first-order chi connectivity index (χ1) is 12.6. The molecular weight excluding hydrogens is 328 g/mol. The number of hydrogen-bond acceptors (Lipinski definition) is 4. The fourth-order valence-corrected chi connectivity index (χ4v) is 3.53. The molecule has 1 aromatic heterocycles. The maximum Gasteiger partial charge on any atom is 0.259 e. The summed E-state index contributed by atoms with van der Waals surface area (Å²) in [6.07, 6.45) is 8.76. The average Bonchev–Trinajstić information content (AvgIpc) is 2.67. The van der Waals surface area contributed by atoms with Crippen LogP contribution in [-0.2, 0) is 4.79 Å². The molecule has 0 aliphatic heterocycles. The quantitative estimate of drug-likeness (QED) is 0.637. The Bertz CT molecular complexity index is 796. The smallest absolute Gasteiger partial charge is 0.259 e. The van der Waals surface area contributed by atoms with Gasteiger partial charge in [-0.1, -0.05) is 37.5 Å². The first kappa shape index (κ1) is 18.0. The fourth-order valence-electron chi connectivity index (χ4n) is 3.53. The number of phenolic OH excluding ortho intramolecular Hbond substituents is 2. The van der Waals surface area contributed by atoms with Crippen LogP contribution in [0.1, 0.15) is 44.6 Å². The summed E-state index contributed by atoms with van der Waals surface area (Å²) < 4.78 is 0. The third kappa shape index (κ3) is 3.72. The molecule has 0 saturated heterocycles. The standard InChI is InChI=1S/C21H24N2O3/c1-2-17(15-11-12-18(24)19(25)14-15)21(26)23(16-8-4-3-5-9-16)20-10-6-7-13-22-20/h2,6-7,10-14,16,24-25H,3-5,8-9H2,1H3/b17-2-. The highest BCUT2D eigenvalue weighted by atomic mass is 16.3. The Morgan fingerprint density at radius 3 is 2.50 bits per heavy atom. The van der Waals surface area contributed by atoms with Crippen molar-refractivity contribution in [3.05, 3.63) is 54.2 Å². The molecule has 1 saturated carbocycles. The topological polar surface area (TPSA) is 73.7 Å². The van der Waals surface area contributed by atoms with E-state index in [0.29, 0.717) is 17.0 Å². The summed E-state index contributed by atoms with van der Waals surface area (Å²) in [6, 6.07) is 10.1. The lowest BCUT2D eigenvalue weighted by Gasteiger charge is -2.34. The summed E-state index contributed by atoms with van der Waals surface area (Å²) in [5, 5.41) is 19.4. The van der Waals surface area contributed by atoms with E-state index in [1.807, 2.05) is 18.2 Å². The van der Waals surface area contributed by atoms with Crippen LogP contribution in [0.5, 0.6) is 11.5 Å². The Morgan fingerprint density at radius 1 is 1.12 bits per heavy atom. The van der Waals surface area contributed by atoms with E-state index in [0.717, 1.165) is 25.7 Å². The zero-order chi connectivity index (χ0) is 18.5. The lowest BCUT2D eigenvalue weighted by atomic mass is 9.93. The van der Waals surface area contributed by atoms with E-state index in [9.17, 15) is 15.0 Å². The first-order valence-corrected chi connectivity index (χ1v) is 9.05. The molecule has 1 amide bonds. The van der Waals surface area contributed by atoms with Crippen molar-refractivity contribution in [1.82, 2.24) is 4.98 Å². The number of benzene rings is 1. The highest BCUT2D eigenvalue weighted by molar-refractivity contribution is 6.26. The van der Waals surface area contributed by atoms with E-state index in [4.69, 9.17) is 0 Å². The number of allylic oxidation sites excluding steroid dienone is 1. The fraction of sp³-hybridized carbons (Fsp3) is 0.333. The SMILES string of the molecule is C/C=C(\C(=O)N(c1ccccn1)C1CCCCC1)c1ccc(O)c(O)c1. The largest absolute Gasteiger partial charge is 0.504 e. The van der Waals surface area contributed by atoms with Crippen molar-refractivity contribution in [1.29, 1.82) is 0 Å². The van der Waals surface area contributed by atoms with E-state index < -0.39 is 0 Å². The molecule has 2 aromatic rings. The molecule has 1 aromatic carbocycles. The Labute approximate surface area is 153 Å². The van der Waals surface area contributed by atoms with Crippen LogP contribution in [-0.4, -0.2) is 27.1 Å². The van der Waals surface area contributed by atoms with Crippen molar-refractivity contribution in [3.8, 4) is 11.5 Å². The molecule has 1 aliphatic rings. The lowest BCUT2D eigenvalue weighted by Crippen LogP contribution is -2.42. The second-order valence-electron chi connectivity index (χ2n) is 6.56. The number of carbonyl (C=O) groups is 1. The average molecular weight is 352 g/mol. The van der Waals surface area contributed by atoms with E-state index in [-0.39, 0.29) is 23.4 Å². The van der Waals surface area contributed by atoms with Crippen molar-refractivity contribution in [2.45, 2.75) is 45.1 Å². The van der Waals surface area contributed by atoms with Gasteiger partial charge in [-0.05, 0) is 49.6 Å². The number of phenols is 2. The molecule has 5 nitrogen and oxygen atoms in total. The van der Waals surface area contributed by atoms with Gasteiger partial charge in [0.25, 0.3) is 5.91 Å². The zero-order valence-electron chi connectivity index (χ0n) is 14.9. The van der Waals surface area contributed by atoms with E-state index in [2.05, 4.69) is 4.98 Å². The summed E-state index contributed by atoms with van der Waals surface area (Å²) in [5.74, 6) is 0.0668. The Hall–Kier alpha value is -2.82. The van der Waals surface area contributed by atoms with Crippen LogP contribution in [0.2, 0.25) is 0 Å². The maximum atomic E-state index is 13.4. The minimum absolute atomic E-state index is 0.117. The summed E-state index contributed by atoms with van der Waals surface area (Å²) in [5.41, 5.74) is 1.06. The molecule has 0 unspecified atom stereocenters. The normalized spacial score (nSPS) is 15.7. The summed E-state index contributed by atoms with van der Waals surface area (Å²) in [7, 11) is 0. The highest BCUT2D eigenvalue weighted by Crippen LogP contribution is 2.32. The Kier molecular flexibility index (Phi) is 5.56. The molecule has 0 atom stereocenters. The van der Waals surface area contributed by atoms with Gasteiger partial charge >= 0.3 is 0 Å². The molecule has 136 valence electrons. The number of pyridine rings is 1. The van der Waals surface area contributed by atoms with Crippen molar-refractivity contribution >= 4 is 17.3 Å². The number of amides is 1. The number of nitrogens with zero attached hydrogens (tertiary/aromatic N) is 2. The van der Waals surface area contributed by atoms with Crippen LogP contribution >= 0.6 is 0 Å². The van der Waals surface area contributed by atoms with Crippen LogP contribution in [0.4, 0.5) is 5.82 Å². The van der Waals surface area contributed by atoms with Gasteiger partial charge in [0.2, 0.25) is 0 Å². The van der Waals surface area contributed by atoms with Crippen molar-refractivity contribution in [2.75, 3.05) is 4.90 Å². The molecule has 3 rings (SSSR count). The molecule has 26 heavy (non-hydrogen) atoms. The highest BCUT2D eigenvalue weighted by Gasteiger charge is 2.30. The monoisotopic (exact) mass is 352 g/mol. The lowest BCUT2D eigenvalue weighted by molar-refractivity contribution is -0.114. The predicted molar refractivity (Wildman–Crippen MR) is 102 cm³/mol. The second kappa shape index (κ2) is 8.04. The summed E-state index contributed by atoms with van der Waals surface area (Å²) in [4.78, 5) is 19.6. The number of rotatable bonds is 4. The molecule has 0 bridgehead atoms. The molecular formula is C21H24N2O3. The molecule has 0 radical (unpaired) electrons. The van der Waals surface area contributed by atoms with E-state index >= 15 is 0 Å². The van der Waals surface area contributed by atoms with Gasteiger partial charge in [0.05, 0.1) is 0 Å². The first-order valence-electron chi connectivity index (χ1n) is 9.05. The van der Waals surface area contributed by atoms with E-state index in [1.54, 1.807) is 30.2 Å². The number of aromatic hydroxyl groups is 2. The van der Waals surface area contributed by atoms with Gasteiger partial charge in [0, 0.05) is 17.8 Å². The maximum absolute atomic E-state index is 13.4. The Balaban J connectivity index is 1.98. The van der Waals surface area contributed by atoms with Crippen molar-refractivity contribution in [2.24, 2.45) is 0 Å². The zero-order valence-corrected chi connectivity index (χ0v) is 14.9. The minimum atomic E-state index is -0.239. The Morgan fingerprint density at radius 2 is 1.88 bits per heavy atom. The molecule has 1 aliphatic carbocycles. The van der Waals surface area contributed by atoms with Gasteiger partial charge in [0.1, 0.15) is 5.82 Å². The van der Waals surface area contributed by atoms with Crippen LogP contribution in [0.3, 0.4) is 0 Å². The van der Waals surface area contributed by atoms with Gasteiger partial charge in [0.15, 0.2) is 11.5 Å². The van der Waals surface area contributed by atoms with Crippen molar-refractivity contribution < 1.29 is 15.0 Å². The van der Waals surface area contributed by atoms with Gasteiger partial charge in [-0.2, -0.15) is 0 Å².